The van der Waals surface area contributed by atoms with Crippen molar-refractivity contribution in [2.24, 2.45) is 7.05 Å². The Labute approximate surface area is 184 Å². The van der Waals surface area contributed by atoms with E-state index in [0.29, 0.717) is 12.1 Å². The number of hydrogen-bond acceptors (Lipinski definition) is 5. The molecule has 3 heterocycles. The molecule has 0 spiro atoms. The van der Waals surface area contributed by atoms with Gasteiger partial charge in [-0.1, -0.05) is 30.3 Å². The Morgan fingerprint density at radius 3 is 2.53 bits per heavy atom. The molecule has 1 N–H and O–H groups in total. The summed E-state index contributed by atoms with van der Waals surface area (Å²) in [4.78, 5) is 12.5. The van der Waals surface area contributed by atoms with Crippen molar-refractivity contribution < 1.29 is 4.39 Å². The van der Waals surface area contributed by atoms with Crippen molar-refractivity contribution in [2.45, 2.75) is 13.5 Å². The van der Waals surface area contributed by atoms with Crippen LogP contribution in [0, 0.1) is 12.7 Å². The fourth-order valence-corrected chi connectivity index (χ4v) is 3.73. The van der Waals surface area contributed by atoms with Crippen LogP contribution < -0.4 is 5.32 Å². The molecule has 6 nitrogen and oxygen atoms in total. The molecule has 0 aliphatic rings. The van der Waals surface area contributed by atoms with E-state index in [4.69, 9.17) is 0 Å². The third-order valence-corrected chi connectivity index (χ3v) is 5.45. The molecule has 3 aromatic heterocycles. The smallest absolute Gasteiger partial charge is 0.191 e. The molecule has 32 heavy (non-hydrogen) atoms. The Balaban J connectivity index is 1.35. The van der Waals surface area contributed by atoms with E-state index < -0.39 is 5.82 Å². The molecular formula is C25H21FN6. The number of benzene rings is 2. The van der Waals surface area contributed by atoms with Gasteiger partial charge in [-0.2, -0.15) is 5.10 Å². The number of halogens is 1. The van der Waals surface area contributed by atoms with Crippen LogP contribution in [0.3, 0.4) is 0 Å². The lowest BCUT2D eigenvalue weighted by molar-refractivity contribution is 0.621. The number of aromatic nitrogens is 5. The van der Waals surface area contributed by atoms with Crippen LogP contribution in [0.4, 0.5) is 10.2 Å². The summed E-state index contributed by atoms with van der Waals surface area (Å²) >= 11 is 0. The van der Waals surface area contributed by atoms with Crippen LogP contribution in [-0.2, 0) is 13.6 Å². The lowest BCUT2D eigenvalue weighted by atomic mass is 10.0. The highest BCUT2D eigenvalue weighted by atomic mass is 19.1. The molecule has 2 aromatic carbocycles. The van der Waals surface area contributed by atoms with Crippen LogP contribution in [0.1, 0.15) is 11.3 Å². The van der Waals surface area contributed by atoms with E-state index in [0.717, 1.165) is 33.3 Å². The fourth-order valence-electron chi connectivity index (χ4n) is 3.73. The van der Waals surface area contributed by atoms with Gasteiger partial charge in [0.15, 0.2) is 11.6 Å². The molecule has 0 bridgehead atoms. The summed E-state index contributed by atoms with van der Waals surface area (Å²) in [5, 5.41) is 8.27. The van der Waals surface area contributed by atoms with E-state index in [1.807, 2.05) is 62.6 Å². The molecular weight excluding hydrogens is 403 g/mol. The normalized spacial score (nSPS) is 11.1. The van der Waals surface area contributed by atoms with Gasteiger partial charge in [0, 0.05) is 36.4 Å². The zero-order valence-corrected chi connectivity index (χ0v) is 17.7. The molecule has 0 atom stereocenters. The van der Waals surface area contributed by atoms with E-state index in [1.54, 1.807) is 10.9 Å². The highest BCUT2D eigenvalue weighted by molar-refractivity contribution is 5.84. The van der Waals surface area contributed by atoms with Crippen molar-refractivity contribution in [3.63, 3.8) is 0 Å². The zero-order valence-electron chi connectivity index (χ0n) is 17.7. The molecule has 0 saturated heterocycles. The number of anilines is 1. The summed E-state index contributed by atoms with van der Waals surface area (Å²) in [6.45, 7) is 2.42. The van der Waals surface area contributed by atoms with Crippen LogP contribution in [0.15, 0.2) is 73.3 Å². The first kappa shape index (κ1) is 19.8. The van der Waals surface area contributed by atoms with Crippen LogP contribution in [-0.4, -0.2) is 24.7 Å². The molecule has 0 aliphatic carbocycles. The maximum absolute atomic E-state index is 15.2. The van der Waals surface area contributed by atoms with Gasteiger partial charge in [-0.25, -0.2) is 14.4 Å². The van der Waals surface area contributed by atoms with Gasteiger partial charge in [0.25, 0.3) is 0 Å². The molecule has 158 valence electrons. The number of nitrogens with zero attached hydrogens (tertiary/aromatic N) is 5. The predicted octanol–water partition coefficient (Wildman–Crippen LogP) is 5.15. The lowest BCUT2D eigenvalue weighted by Crippen LogP contribution is -2.05. The van der Waals surface area contributed by atoms with Crippen LogP contribution >= 0.6 is 0 Å². The summed E-state index contributed by atoms with van der Waals surface area (Å²) in [5.41, 5.74) is 6.16. The first-order chi connectivity index (χ1) is 15.6. The van der Waals surface area contributed by atoms with Gasteiger partial charge < -0.3 is 5.32 Å². The summed E-state index contributed by atoms with van der Waals surface area (Å²) < 4.78 is 17.0. The molecule has 0 unspecified atom stereocenters. The Hall–Kier alpha value is -4.13. The second-order valence-corrected chi connectivity index (χ2v) is 7.66. The van der Waals surface area contributed by atoms with E-state index in [2.05, 4.69) is 37.5 Å². The number of nitrogens with one attached hydrogen (secondary N) is 1. The summed E-state index contributed by atoms with van der Waals surface area (Å²) in [6.07, 6.45) is 4.94. The summed E-state index contributed by atoms with van der Waals surface area (Å²) in [5.74, 6) is -0.297. The van der Waals surface area contributed by atoms with E-state index in [9.17, 15) is 0 Å². The van der Waals surface area contributed by atoms with Crippen molar-refractivity contribution in [2.75, 3.05) is 5.32 Å². The van der Waals surface area contributed by atoms with Crippen LogP contribution in [0.5, 0.6) is 0 Å². The van der Waals surface area contributed by atoms with Gasteiger partial charge in [0.2, 0.25) is 0 Å². The van der Waals surface area contributed by atoms with Gasteiger partial charge in [-0.15, -0.1) is 0 Å². The standard InChI is InChI=1S/C25H21FN6/c1-16-11-19(9-10-27-16)18-5-3-17(4-6-18)13-28-25-23(26)24(29-15-30-25)20-7-8-22-21(12-20)14-31-32(22)2/h3-12,14-15H,13H2,1-2H3,(H,28,29,30). The van der Waals surface area contributed by atoms with Crippen molar-refractivity contribution >= 4 is 16.7 Å². The predicted molar refractivity (Wildman–Crippen MR) is 123 cm³/mol. The van der Waals surface area contributed by atoms with Gasteiger partial charge in [0.1, 0.15) is 12.0 Å². The Bertz CT molecular complexity index is 1410. The van der Waals surface area contributed by atoms with Gasteiger partial charge in [0.05, 0.1) is 11.7 Å². The monoisotopic (exact) mass is 424 g/mol. The molecule has 5 aromatic rings. The highest BCUT2D eigenvalue weighted by Crippen LogP contribution is 2.27. The number of hydrogen-bond donors (Lipinski definition) is 1. The molecule has 0 saturated carbocycles. The number of fused-ring (bicyclic) bond motifs is 1. The van der Waals surface area contributed by atoms with Gasteiger partial charge >= 0.3 is 0 Å². The largest absolute Gasteiger partial charge is 0.363 e. The minimum atomic E-state index is -0.473. The average Bonchev–Trinajstić information content (AvgIpc) is 3.19. The van der Waals surface area contributed by atoms with Crippen molar-refractivity contribution in [1.82, 2.24) is 24.7 Å². The first-order valence-electron chi connectivity index (χ1n) is 10.3. The second-order valence-electron chi connectivity index (χ2n) is 7.66. The minimum Gasteiger partial charge on any atom is -0.363 e. The van der Waals surface area contributed by atoms with Crippen molar-refractivity contribution in [3.05, 3.63) is 90.4 Å². The lowest BCUT2D eigenvalue weighted by Gasteiger charge is -2.10. The SMILES string of the molecule is Cc1cc(-c2ccc(CNc3ncnc(-c4ccc5c(cnn5C)c4)c3F)cc2)ccn1. The van der Waals surface area contributed by atoms with Crippen molar-refractivity contribution in [1.29, 1.82) is 0 Å². The van der Waals surface area contributed by atoms with Crippen LogP contribution in [0.2, 0.25) is 0 Å². The Kier molecular flexibility index (Phi) is 5.07. The molecule has 0 amide bonds. The molecule has 0 fully saturated rings. The number of rotatable bonds is 5. The summed E-state index contributed by atoms with van der Waals surface area (Å²) in [7, 11) is 1.87. The average molecular weight is 424 g/mol. The Morgan fingerprint density at radius 2 is 1.72 bits per heavy atom. The summed E-state index contributed by atoms with van der Waals surface area (Å²) in [6, 6.07) is 17.8. The molecule has 0 aliphatic heterocycles. The minimum absolute atomic E-state index is 0.176. The zero-order chi connectivity index (χ0) is 22.1. The number of aryl methyl sites for hydroxylation is 2. The first-order valence-corrected chi connectivity index (χ1v) is 10.3. The third kappa shape index (κ3) is 3.80. The quantitative estimate of drug-likeness (QED) is 0.422. The van der Waals surface area contributed by atoms with Gasteiger partial charge in [-0.3, -0.25) is 9.67 Å². The number of pyridine rings is 1. The molecule has 7 heteroatoms. The highest BCUT2D eigenvalue weighted by Gasteiger charge is 2.14. The second kappa shape index (κ2) is 8.19. The van der Waals surface area contributed by atoms with Gasteiger partial charge in [-0.05, 0) is 47.9 Å². The maximum atomic E-state index is 15.2. The van der Waals surface area contributed by atoms with E-state index in [1.165, 1.54) is 6.33 Å². The van der Waals surface area contributed by atoms with E-state index >= 15 is 4.39 Å². The maximum Gasteiger partial charge on any atom is 0.191 e. The molecule has 0 radical (unpaired) electrons. The third-order valence-electron chi connectivity index (χ3n) is 5.45. The van der Waals surface area contributed by atoms with E-state index in [-0.39, 0.29) is 11.5 Å². The van der Waals surface area contributed by atoms with Crippen LogP contribution in [0.25, 0.3) is 33.3 Å². The fraction of sp³-hybridized carbons (Fsp3) is 0.120. The molecule has 5 rings (SSSR count). The Morgan fingerprint density at radius 1 is 0.906 bits per heavy atom. The van der Waals surface area contributed by atoms with Crippen molar-refractivity contribution in [3.8, 4) is 22.4 Å². The topological polar surface area (TPSA) is 68.5 Å².